The third-order valence-corrected chi connectivity index (χ3v) is 3.25. The summed E-state index contributed by atoms with van der Waals surface area (Å²) in [4.78, 5) is 19.6. The van der Waals surface area contributed by atoms with E-state index < -0.39 is 0 Å². The summed E-state index contributed by atoms with van der Waals surface area (Å²) in [6.07, 6.45) is 0.559. The van der Waals surface area contributed by atoms with Gasteiger partial charge < -0.3 is 4.98 Å². The average molecular weight is 292 g/mol. The number of aromatic nitrogens is 2. The molecule has 5 nitrogen and oxygen atoms in total. The van der Waals surface area contributed by atoms with Crippen molar-refractivity contribution in [1.82, 2.24) is 15.4 Å². The number of para-hydroxylation sites is 2. The summed E-state index contributed by atoms with van der Waals surface area (Å²) >= 11 is 0. The molecule has 110 valence electrons. The van der Waals surface area contributed by atoms with Gasteiger partial charge in [0.15, 0.2) is 0 Å². The lowest BCUT2D eigenvalue weighted by atomic mass is 10.2. The van der Waals surface area contributed by atoms with Crippen molar-refractivity contribution in [3.8, 4) is 0 Å². The van der Waals surface area contributed by atoms with E-state index in [4.69, 9.17) is 0 Å². The number of hydrogen-bond acceptors (Lipinski definition) is 3. The highest BCUT2D eigenvalue weighted by atomic mass is 16.2. The second-order valence-corrected chi connectivity index (χ2v) is 5.03. The Hall–Kier alpha value is -2.95. The Morgan fingerprint density at radius 1 is 1.14 bits per heavy atom. The quantitative estimate of drug-likeness (QED) is 0.573. The number of nitrogens with zero attached hydrogens (tertiary/aromatic N) is 2. The SMILES string of the molecule is C/C(Cc1nc2ccccc2[nH]1)=N/NC(=O)c1ccccc1. The molecule has 22 heavy (non-hydrogen) atoms. The van der Waals surface area contributed by atoms with Crippen LogP contribution in [0.15, 0.2) is 59.7 Å². The Labute approximate surface area is 128 Å². The molecule has 0 saturated heterocycles. The minimum atomic E-state index is -0.218. The van der Waals surface area contributed by atoms with E-state index in [1.54, 1.807) is 12.1 Å². The van der Waals surface area contributed by atoms with Crippen molar-refractivity contribution in [2.45, 2.75) is 13.3 Å². The van der Waals surface area contributed by atoms with Crippen LogP contribution in [0.5, 0.6) is 0 Å². The van der Waals surface area contributed by atoms with Gasteiger partial charge in [-0.05, 0) is 31.2 Å². The van der Waals surface area contributed by atoms with Crippen molar-refractivity contribution in [3.63, 3.8) is 0 Å². The summed E-state index contributed by atoms with van der Waals surface area (Å²) in [5, 5.41) is 4.12. The highest BCUT2D eigenvalue weighted by Crippen LogP contribution is 2.10. The van der Waals surface area contributed by atoms with Gasteiger partial charge in [-0.3, -0.25) is 4.79 Å². The molecule has 0 fully saturated rings. The van der Waals surface area contributed by atoms with Crippen LogP contribution in [-0.2, 0) is 6.42 Å². The molecule has 2 N–H and O–H groups in total. The van der Waals surface area contributed by atoms with Gasteiger partial charge >= 0.3 is 0 Å². The summed E-state index contributed by atoms with van der Waals surface area (Å²) in [7, 11) is 0. The van der Waals surface area contributed by atoms with Crippen LogP contribution in [0.4, 0.5) is 0 Å². The summed E-state index contributed by atoms with van der Waals surface area (Å²) in [6.45, 7) is 1.86. The number of aromatic amines is 1. The molecule has 0 bridgehead atoms. The van der Waals surface area contributed by atoms with Crippen LogP contribution in [0, 0.1) is 0 Å². The molecule has 0 aliphatic carbocycles. The fourth-order valence-corrected chi connectivity index (χ4v) is 2.17. The van der Waals surface area contributed by atoms with Gasteiger partial charge in [0.25, 0.3) is 5.91 Å². The summed E-state index contributed by atoms with van der Waals surface area (Å²) in [5.41, 5.74) is 5.85. The topological polar surface area (TPSA) is 70.1 Å². The Balaban J connectivity index is 1.66. The van der Waals surface area contributed by atoms with E-state index in [1.807, 2.05) is 49.4 Å². The first-order chi connectivity index (χ1) is 10.7. The van der Waals surface area contributed by atoms with E-state index in [9.17, 15) is 4.79 Å². The Morgan fingerprint density at radius 3 is 2.64 bits per heavy atom. The first-order valence-corrected chi connectivity index (χ1v) is 7.04. The van der Waals surface area contributed by atoms with Gasteiger partial charge in [0.05, 0.1) is 11.0 Å². The van der Waals surface area contributed by atoms with Crippen molar-refractivity contribution in [3.05, 3.63) is 66.0 Å². The fraction of sp³-hybridized carbons (Fsp3) is 0.118. The lowest BCUT2D eigenvalue weighted by Gasteiger charge is -2.01. The second kappa shape index (κ2) is 6.22. The highest BCUT2D eigenvalue weighted by Gasteiger charge is 2.05. The van der Waals surface area contributed by atoms with Gasteiger partial charge in [0.2, 0.25) is 0 Å². The van der Waals surface area contributed by atoms with E-state index in [-0.39, 0.29) is 5.91 Å². The van der Waals surface area contributed by atoms with Gasteiger partial charge in [-0.25, -0.2) is 10.4 Å². The van der Waals surface area contributed by atoms with Crippen LogP contribution in [0.25, 0.3) is 11.0 Å². The van der Waals surface area contributed by atoms with Crippen molar-refractivity contribution in [1.29, 1.82) is 0 Å². The molecular weight excluding hydrogens is 276 g/mol. The molecule has 0 unspecified atom stereocenters. The van der Waals surface area contributed by atoms with Crippen LogP contribution in [0.3, 0.4) is 0 Å². The van der Waals surface area contributed by atoms with E-state index >= 15 is 0 Å². The zero-order valence-corrected chi connectivity index (χ0v) is 12.2. The van der Waals surface area contributed by atoms with Gasteiger partial charge in [-0.1, -0.05) is 30.3 Å². The van der Waals surface area contributed by atoms with Gasteiger partial charge in [-0.2, -0.15) is 5.10 Å². The molecule has 1 amide bonds. The third kappa shape index (κ3) is 3.20. The number of imidazole rings is 1. The molecule has 0 aliphatic heterocycles. The maximum Gasteiger partial charge on any atom is 0.271 e. The number of carbonyl (C=O) groups excluding carboxylic acids is 1. The number of hydrogen-bond donors (Lipinski definition) is 2. The summed E-state index contributed by atoms with van der Waals surface area (Å²) < 4.78 is 0. The van der Waals surface area contributed by atoms with E-state index in [1.165, 1.54) is 0 Å². The zero-order valence-electron chi connectivity index (χ0n) is 12.2. The van der Waals surface area contributed by atoms with E-state index in [0.717, 1.165) is 22.6 Å². The Kier molecular flexibility index (Phi) is 3.96. The van der Waals surface area contributed by atoms with Gasteiger partial charge in [0.1, 0.15) is 5.82 Å². The molecular formula is C17H16N4O. The van der Waals surface area contributed by atoms with Gasteiger partial charge in [0, 0.05) is 17.7 Å². The summed E-state index contributed by atoms with van der Waals surface area (Å²) in [6, 6.07) is 16.9. The maximum atomic E-state index is 11.9. The van der Waals surface area contributed by atoms with Crippen LogP contribution in [-0.4, -0.2) is 21.6 Å². The number of carbonyl (C=O) groups is 1. The third-order valence-electron chi connectivity index (χ3n) is 3.25. The molecule has 0 aliphatic rings. The standard InChI is InChI=1S/C17H16N4O/c1-12(20-21-17(22)13-7-3-2-4-8-13)11-16-18-14-9-5-6-10-15(14)19-16/h2-10H,11H2,1H3,(H,18,19)(H,21,22)/b20-12-. The van der Waals surface area contributed by atoms with Crippen LogP contribution < -0.4 is 5.43 Å². The smallest absolute Gasteiger partial charge is 0.271 e. The molecule has 5 heteroatoms. The molecule has 3 rings (SSSR count). The first-order valence-electron chi connectivity index (χ1n) is 7.04. The minimum absolute atomic E-state index is 0.218. The molecule has 2 aromatic carbocycles. The summed E-state index contributed by atoms with van der Waals surface area (Å²) in [5.74, 6) is 0.612. The highest BCUT2D eigenvalue weighted by molar-refractivity contribution is 5.95. The molecule has 0 spiro atoms. The second-order valence-electron chi connectivity index (χ2n) is 5.03. The molecule has 0 atom stereocenters. The van der Waals surface area contributed by atoms with Crippen LogP contribution in [0.2, 0.25) is 0 Å². The lowest BCUT2D eigenvalue weighted by Crippen LogP contribution is -2.19. The number of H-pyrrole nitrogens is 1. The first kappa shape index (κ1) is 14.0. The van der Waals surface area contributed by atoms with Crippen LogP contribution >= 0.6 is 0 Å². The molecule has 3 aromatic rings. The predicted octanol–water partition coefficient (Wildman–Crippen LogP) is 2.91. The van der Waals surface area contributed by atoms with Crippen molar-refractivity contribution < 1.29 is 4.79 Å². The maximum absolute atomic E-state index is 11.9. The number of fused-ring (bicyclic) bond motifs is 1. The van der Waals surface area contributed by atoms with Crippen LogP contribution in [0.1, 0.15) is 23.1 Å². The zero-order chi connectivity index (χ0) is 15.4. The predicted molar refractivity (Wildman–Crippen MR) is 86.8 cm³/mol. The molecule has 0 saturated carbocycles. The Bertz CT molecular complexity index is 788. The van der Waals surface area contributed by atoms with Gasteiger partial charge in [-0.15, -0.1) is 0 Å². The monoisotopic (exact) mass is 292 g/mol. The van der Waals surface area contributed by atoms with E-state index in [2.05, 4.69) is 20.5 Å². The number of benzene rings is 2. The number of nitrogens with one attached hydrogen (secondary N) is 2. The molecule has 1 heterocycles. The largest absolute Gasteiger partial charge is 0.342 e. The lowest BCUT2D eigenvalue weighted by molar-refractivity contribution is 0.0954. The van der Waals surface area contributed by atoms with E-state index in [0.29, 0.717) is 12.0 Å². The number of rotatable bonds is 4. The normalized spacial score (nSPS) is 11.6. The number of hydrazone groups is 1. The Morgan fingerprint density at radius 2 is 1.86 bits per heavy atom. The minimum Gasteiger partial charge on any atom is -0.342 e. The van der Waals surface area contributed by atoms with Crippen molar-refractivity contribution >= 4 is 22.7 Å². The van der Waals surface area contributed by atoms with Crippen molar-refractivity contribution in [2.24, 2.45) is 5.10 Å². The van der Waals surface area contributed by atoms with Crippen molar-refractivity contribution in [2.75, 3.05) is 0 Å². The fourth-order valence-electron chi connectivity index (χ4n) is 2.17. The molecule has 0 radical (unpaired) electrons. The number of amides is 1. The molecule has 1 aromatic heterocycles. The average Bonchev–Trinajstić information content (AvgIpc) is 2.95.